The molecule has 6 nitrogen and oxygen atoms in total. The van der Waals surface area contributed by atoms with Gasteiger partial charge in [-0.1, -0.05) is 43.6 Å². The smallest absolute Gasteiger partial charge is 0.223 e. The molecule has 0 atom stereocenters. The summed E-state index contributed by atoms with van der Waals surface area (Å²) in [4.78, 5) is 9.83. The number of nitrogens with one attached hydrogen (secondary N) is 2. The van der Waals surface area contributed by atoms with Gasteiger partial charge >= 0.3 is 0 Å². The molecular weight excluding hydrogens is 511 g/mol. The predicted octanol–water partition coefficient (Wildman–Crippen LogP) is 7.78. The summed E-state index contributed by atoms with van der Waals surface area (Å²) in [6.45, 7) is 5.46. The molecule has 2 heterocycles. The molecule has 0 saturated carbocycles. The fourth-order valence-electron chi connectivity index (χ4n) is 3.68. The van der Waals surface area contributed by atoms with E-state index < -0.39 is 5.82 Å². The maximum atomic E-state index is 15.1. The van der Waals surface area contributed by atoms with E-state index in [4.69, 9.17) is 21.1 Å². The highest BCUT2D eigenvalue weighted by Gasteiger charge is 2.20. The van der Waals surface area contributed by atoms with Crippen molar-refractivity contribution in [3.63, 3.8) is 0 Å². The van der Waals surface area contributed by atoms with Gasteiger partial charge in [-0.15, -0.1) is 0 Å². The molecule has 5 rings (SSSR count). The van der Waals surface area contributed by atoms with Gasteiger partial charge < -0.3 is 19.5 Å². The molecule has 1 fully saturated rings. The molecule has 4 aromatic rings. The Morgan fingerprint density at radius 1 is 1.05 bits per heavy atom. The number of hydrogen-bond acceptors (Lipinski definition) is 7. The Hall–Kier alpha value is -3.33. The first kappa shape index (κ1) is 25.3. The van der Waals surface area contributed by atoms with Gasteiger partial charge in [0.1, 0.15) is 5.75 Å². The zero-order valence-electron chi connectivity index (χ0n) is 20.4. The SMILES string of the molecule is CC(C)c1ccc(-c2ccnc(NC3COC3)n2)c(Oc2ccc(NSc3ccccc3Cl)cc2F)c1. The van der Waals surface area contributed by atoms with E-state index >= 15 is 4.39 Å². The summed E-state index contributed by atoms with van der Waals surface area (Å²) in [5.74, 6) is 0.946. The van der Waals surface area contributed by atoms with Crippen molar-refractivity contribution in [2.45, 2.75) is 30.7 Å². The lowest BCUT2D eigenvalue weighted by atomic mass is 9.99. The number of anilines is 2. The molecule has 1 aliphatic rings. The summed E-state index contributed by atoms with van der Waals surface area (Å²) in [6.07, 6.45) is 1.70. The van der Waals surface area contributed by atoms with Crippen molar-refractivity contribution in [3.8, 4) is 22.8 Å². The van der Waals surface area contributed by atoms with Crippen LogP contribution in [0.1, 0.15) is 25.3 Å². The van der Waals surface area contributed by atoms with Gasteiger partial charge in [-0.25, -0.2) is 14.4 Å². The van der Waals surface area contributed by atoms with Gasteiger partial charge in [0.2, 0.25) is 5.95 Å². The Morgan fingerprint density at radius 3 is 2.62 bits per heavy atom. The van der Waals surface area contributed by atoms with Crippen LogP contribution in [0.5, 0.6) is 11.5 Å². The average molecular weight is 537 g/mol. The van der Waals surface area contributed by atoms with Crippen LogP contribution in [0.15, 0.2) is 77.8 Å². The molecule has 190 valence electrons. The minimum atomic E-state index is -0.485. The number of nitrogens with zero attached hydrogens (tertiary/aromatic N) is 2. The fraction of sp³-hybridized carbons (Fsp3) is 0.214. The first-order valence-electron chi connectivity index (χ1n) is 11.9. The number of hydrogen-bond donors (Lipinski definition) is 2. The van der Waals surface area contributed by atoms with E-state index in [1.807, 2.05) is 48.5 Å². The summed E-state index contributed by atoms with van der Waals surface area (Å²) in [7, 11) is 0. The molecular formula is C28H26ClFN4O2S. The molecule has 1 aromatic heterocycles. The zero-order chi connectivity index (χ0) is 25.8. The average Bonchev–Trinajstić information content (AvgIpc) is 2.87. The highest BCUT2D eigenvalue weighted by Crippen LogP contribution is 2.37. The molecule has 9 heteroatoms. The van der Waals surface area contributed by atoms with Crippen LogP contribution >= 0.6 is 23.5 Å². The molecule has 0 spiro atoms. The molecule has 3 aromatic carbocycles. The highest BCUT2D eigenvalue weighted by atomic mass is 35.5. The van der Waals surface area contributed by atoms with Gasteiger partial charge in [-0.2, -0.15) is 0 Å². The standard InChI is InChI=1S/C28H26ClFN4O2S/c1-17(2)18-7-9-21(24-11-12-31-28(33-24)32-20-15-35-16-20)26(13-18)36-25-10-8-19(14-23(25)30)34-37-27-6-4-3-5-22(27)29/h3-14,17,20,34H,15-16H2,1-2H3,(H,31,32,33). The van der Waals surface area contributed by atoms with Crippen LogP contribution in [0, 0.1) is 5.82 Å². The Balaban J connectivity index is 1.39. The van der Waals surface area contributed by atoms with Crippen LogP contribution < -0.4 is 14.8 Å². The van der Waals surface area contributed by atoms with E-state index in [-0.39, 0.29) is 17.7 Å². The summed E-state index contributed by atoms with van der Waals surface area (Å²) >= 11 is 7.53. The second kappa shape index (κ2) is 11.4. The van der Waals surface area contributed by atoms with E-state index in [0.717, 1.165) is 16.0 Å². The second-order valence-electron chi connectivity index (χ2n) is 8.94. The van der Waals surface area contributed by atoms with Crippen LogP contribution in [-0.2, 0) is 4.74 Å². The first-order valence-corrected chi connectivity index (χ1v) is 13.1. The largest absolute Gasteiger partial charge is 0.454 e. The summed E-state index contributed by atoms with van der Waals surface area (Å²) in [5.41, 5.74) is 3.10. The molecule has 1 saturated heterocycles. The van der Waals surface area contributed by atoms with Crippen LogP contribution in [0.2, 0.25) is 5.02 Å². The number of aromatic nitrogens is 2. The Labute approximate surface area is 224 Å². The maximum absolute atomic E-state index is 15.1. The minimum absolute atomic E-state index is 0.120. The molecule has 0 amide bonds. The van der Waals surface area contributed by atoms with Crippen molar-refractivity contribution in [1.29, 1.82) is 0 Å². The van der Waals surface area contributed by atoms with Crippen LogP contribution in [-0.4, -0.2) is 29.2 Å². The number of benzene rings is 3. The quantitative estimate of drug-likeness (QED) is 0.212. The van der Waals surface area contributed by atoms with Crippen LogP contribution in [0.3, 0.4) is 0 Å². The Bertz CT molecular complexity index is 1400. The van der Waals surface area contributed by atoms with Gasteiger partial charge in [-0.3, -0.25) is 0 Å². The van der Waals surface area contributed by atoms with Gasteiger partial charge in [0, 0.05) is 28.4 Å². The lowest BCUT2D eigenvalue weighted by Crippen LogP contribution is -2.40. The maximum Gasteiger partial charge on any atom is 0.223 e. The topological polar surface area (TPSA) is 68.3 Å². The number of rotatable bonds is 9. The zero-order valence-corrected chi connectivity index (χ0v) is 21.9. The highest BCUT2D eigenvalue weighted by molar-refractivity contribution is 8.00. The number of ether oxygens (including phenoxy) is 2. The van der Waals surface area contributed by atoms with Gasteiger partial charge in [-0.05, 0) is 65.9 Å². The third-order valence-electron chi connectivity index (χ3n) is 5.84. The second-order valence-corrected chi connectivity index (χ2v) is 10.2. The van der Waals surface area contributed by atoms with Gasteiger partial charge in [0.15, 0.2) is 11.6 Å². The minimum Gasteiger partial charge on any atom is -0.454 e. The number of halogens is 2. The monoisotopic (exact) mass is 536 g/mol. The molecule has 2 N–H and O–H groups in total. The first-order chi connectivity index (χ1) is 18.0. The lowest BCUT2D eigenvalue weighted by Gasteiger charge is -2.26. The van der Waals surface area contributed by atoms with E-state index in [2.05, 4.69) is 33.9 Å². The van der Waals surface area contributed by atoms with E-state index in [1.165, 1.54) is 18.0 Å². The summed E-state index contributed by atoms with van der Waals surface area (Å²) in [6, 6.07) is 20.2. The van der Waals surface area contributed by atoms with Crippen molar-refractivity contribution in [2.75, 3.05) is 23.3 Å². The Kier molecular flexibility index (Phi) is 7.79. The third kappa shape index (κ3) is 6.15. The molecule has 1 aliphatic heterocycles. The van der Waals surface area contributed by atoms with Crippen molar-refractivity contribution in [3.05, 3.63) is 89.3 Å². The lowest BCUT2D eigenvalue weighted by molar-refractivity contribution is 0.0208. The van der Waals surface area contributed by atoms with Crippen molar-refractivity contribution < 1.29 is 13.9 Å². The van der Waals surface area contributed by atoms with Crippen LogP contribution in [0.4, 0.5) is 16.0 Å². The van der Waals surface area contributed by atoms with E-state index in [0.29, 0.717) is 41.3 Å². The van der Waals surface area contributed by atoms with Crippen molar-refractivity contribution >= 4 is 35.2 Å². The molecule has 0 aliphatic carbocycles. The summed E-state index contributed by atoms with van der Waals surface area (Å²) in [5, 5.41) is 3.89. The molecule has 37 heavy (non-hydrogen) atoms. The van der Waals surface area contributed by atoms with Crippen LogP contribution in [0.25, 0.3) is 11.3 Å². The third-order valence-corrected chi connectivity index (χ3v) is 7.20. The normalized spacial score (nSPS) is 13.3. The molecule has 0 unspecified atom stereocenters. The van der Waals surface area contributed by atoms with E-state index in [9.17, 15) is 0 Å². The fourth-order valence-corrected chi connectivity index (χ4v) is 4.60. The van der Waals surface area contributed by atoms with Gasteiger partial charge in [0.25, 0.3) is 0 Å². The van der Waals surface area contributed by atoms with E-state index in [1.54, 1.807) is 18.3 Å². The predicted molar refractivity (Wildman–Crippen MR) is 147 cm³/mol. The molecule has 0 bridgehead atoms. The van der Waals surface area contributed by atoms with Gasteiger partial charge in [0.05, 0.1) is 30.0 Å². The summed E-state index contributed by atoms with van der Waals surface area (Å²) < 4.78 is 29.6. The van der Waals surface area contributed by atoms with Crippen molar-refractivity contribution in [2.24, 2.45) is 0 Å². The molecule has 0 radical (unpaired) electrons. The Morgan fingerprint density at radius 2 is 1.89 bits per heavy atom. The van der Waals surface area contributed by atoms with Crippen molar-refractivity contribution in [1.82, 2.24) is 9.97 Å².